The minimum Gasteiger partial charge on any atom is -0.455 e. The van der Waals surface area contributed by atoms with Crippen LogP contribution in [0.1, 0.15) is 0 Å². The van der Waals surface area contributed by atoms with Gasteiger partial charge in [-0.05, 0) is 124 Å². The Morgan fingerprint density at radius 3 is 1.21 bits per heavy atom. The van der Waals surface area contributed by atoms with Gasteiger partial charge in [0.1, 0.15) is 44.5 Å². The highest BCUT2D eigenvalue weighted by Gasteiger charge is 2.25. The molecular weight excluding hydrogens is 1000 g/mol. The lowest BCUT2D eigenvalue weighted by Gasteiger charge is -2.09. The molecule has 0 aliphatic heterocycles. The van der Waals surface area contributed by atoms with Crippen molar-refractivity contribution in [2.45, 2.75) is 0 Å². The molecule has 0 saturated carbocycles. The highest BCUT2D eigenvalue weighted by molar-refractivity contribution is 6.23. The van der Waals surface area contributed by atoms with E-state index in [0.717, 1.165) is 143 Å². The summed E-state index contributed by atoms with van der Waals surface area (Å²) < 4.78 is 30.9. The maximum atomic E-state index is 6.61. The molecule has 6 heterocycles. The average molecular weight is 1050 g/mol. The molecule has 82 heavy (non-hydrogen) atoms. The van der Waals surface area contributed by atoms with E-state index in [1.165, 1.54) is 22.3 Å². The monoisotopic (exact) mass is 1050 g/mol. The van der Waals surface area contributed by atoms with Crippen molar-refractivity contribution in [2.24, 2.45) is 0 Å². The largest absolute Gasteiger partial charge is 0.455 e. The number of hydrogen-bond donors (Lipinski definition) is 0. The number of nitrogens with zero attached hydrogens (tertiary/aromatic N) is 2. The highest BCUT2D eigenvalue weighted by atomic mass is 16.3. The molecule has 0 aliphatic carbocycles. The maximum absolute atomic E-state index is 6.61. The molecule has 18 rings (SSSR count). The minimum absolute atomic E-state index is 0.863. The second kappa shape index (κ2) is 18.2. The summed E-state index contributed by atoms with van der Waals surface area (Å²) in [6.45, 7) is 0. The van der Waals surface area contributed by atoms with Gasteiger partial charge in [0.2, 0.25) is 0 Å². The van der Waals surface area contributed by atoms with Crippen LogP contribution in [0, 0.1) is 0 Å². The number of fused-ring (bicyclic) bond motifs is 16. The van der Waals surface area contributed by atoms with Crippen LogP contribution in [-0.2, 0) is 0 Å². The van der Waals surface area contributed by atoms with E-state index >= 15 is 0 Å². The fraction of sp³-hybridized carbons (Fsp3) is 0. The highest BCUT2D eigenvalue weighted by Crippen LogP contribution is 2.47. The number of para-hydroxylation sites is 6. The molecule has 6 aromatic heterocycles. The van der Waals surface area contributed by atoms with Crippen LogP contribution in [0.25, 0.3) is 166 Å². The van der Waals surface area contributed by atoms with Crippen molar-refractivity contribution in [2.75, 3.05) is 0 Å². The zero-order valence-corrected chi connectivity index (χ0v) is 44.1. The van der Waals surface area contributed by atoms with E-state index in [-0.39, 0.29) is 0 Å². The molecule has 6 heteroatoms. The normalized spacial score (nSPS) is 11.9. The molecule has 0 bridgehead atoms. The summed E-state index contributed by atoms with van der Waals surface area (Å²) in [7, 11) is 0. The van der Waals surface area contributed by atoms with Gasteiger partial charge >= 0.3 is 0 Å². The van der Waals surface area contributed by atoms with Gasteiger partial charge in [-0.1, -0.05) is 188 Å². The van der Waals surface area contributed by atoms with Gasteiger partial charge in [0, 0.05) is 60.2 Å². The SMILES string of the molecule is c1ccc(-c2ccc3oc4c(-c5ccc6oc7c8ccccc8n(-c8ccccc8)c7c6c5)cccc4c3c2)cc1.c1ccc(-c2ccc3oc4c(-c5cccc6oc7c8ccccc8n(-c8ccccc8)c7c56)cccc4c3c2)cc1. The van der Waals surface area contributed by atoms with Crippen LogP contribution >= 0.6 is 0 Å². The van der Waals surface area contributed by atoms with Crippen LogP contribution in [0.15, 0.2) is 297 Å². The standard InChI is InChI=1S/2C38H23NO2/c1-3-11-24(12-4-1)25-21-22-33-31(23-25)29-18-9-17-28(37(29)40-33)27-16-10-20-34-35(27)36-38(41-34)30-15-7-8-19-32(30)39(36)26-13-5-2-6-14-26;1-3-10-24(11-4-1)25-18-20-34-31(22-25)29-16-9-15-28(37(29)40-34)26-19-21-35-32(23-26)36-38(41-35)30-14-7-8-17-33(30)39(36)27-12-5-2-6-13-27/h2*1-23H. The molecule has 0 fully saturated rings. The van der Waals surface area contributed by atoms with Gasteiger partial charge < -0.3 is 26.8 Å². The molecular formula is C76H46N2O4. The van der Waals surface area contributed by atoms with Gasteiger partial charge in [-0.3, -0.25) is 0 Å². The lowest BCUT2D eigenvalue weighted by Crippen LogP contribution is -1.93. The van der Waals surface area contributed by atoms with Crippen molar-refractivity contribution < 1.29 is 17.7 Å². The Labute approximate surface area is 469 Å². The number of benzene rings is 12. The molecule has 0 spiro atoms. The summed E-state index contributed by atoms with van der Waals surface area (Å²) in [6, 6.07) is 97.5. The Kier molecular flexibility index (Phi) is 10.2. The molecule has 0 N–H and O–H groups in total. The van der Waals surface area contributed by atoms with Gasteiger partial charge in [0.25, 0.3) is 0 Å². The van der Waals surface area contributed by atoms with Crippen molar-refractivity contribution in [3.05, 3.63) is 279 Å². The predicted octanol–water partition coefficient (Wildman–Crippen LogP) is 21.5. The van der Waals surface area contributed by atoms with Gasteiger partial charge in [0.05, 0.1) is 16.4 Å². The first-order valence-electron chi connectivity index (χ1n) is 27.7. The van der Waals surface area contributed by atoms with Crippen molar-refractivity contribution in [3.8, 4) is 55.9 Å². The third kappa shape index (κ3) is 7.08. The molecule has 0 amide bonds. The summed E-state index contributed by atoms with van der Waals surface area (Å²) in [6.07, 6.45) is 0. The fourth-order valence-electron chi connectivity index (χ4n) is 12.7. The number of aromatic nitrogens is 2. The van der Waals surface area contributed by atoms with Gasteiger partial charge in [-0.2, -0.15) is 0 Å². The Balaban J connectivity index is 0.000000130. The topological polar surface area (TPSA) is 62.4 Å². The second-order valence-electron chi connectivity index (χ2n) is 21.0. The molecule has 6 nitrogen and oxygen atoms in total. The lowest BCUT2D eigenvalue weighted by molar-refractivity contribution is 0.669. The van der Waals surface area contributed by atoms with E-state index in [9.17, 15) is 0 Å². The smallest absolute Gasteiger partial charge is 0.161 e. The number of hydrogen-bond acceptors (Lipinski definition) is 4. The first-order chi connectivity index (χ1) is 40.7. The molecule has 0 unspecified atom stereocenters. The molecule has 384 valence electrons. The van der Waals surface area contributed by atoms with Crippen LogP contribution in [0.5, 0.6) is 0 Å². The lowest BCUT2D eigenvalue weighted by atomic mass is 9.98. The zero-order valence-electron chi connectivity index (χ0n) is 44.1. The van der Waals surface area contributed by atoms with Crippen LogP contribution in [-0.4, -0.2) is 9.13 Å². The van der Waals surface area contributed by atoms with Gasteiger partial charge in [-0.25, -0.2) is 0 Å². The van der Waals surface area contributed by atoms with Crippen LogP contribution in [0.3, 0.4) is 0 Å². The predicted molar refractivity (Wildman–Crippen MR) is 337 cm³/mol. The van der Waals surface area contributed by atoms with Crippen molar-refractivity contribution in [3.63, 3.8) is 0 Å². The second-order valence-corrected chi connectivity index (χ2v) is 21.0. The quantitative estimate of drug-likeness (QED) is 0.166. The first kappa shape index (κ1) is 45.9. The van der Waals surface area contributed by atoms with Gasteiger partial charge in [-0.15, -0.1) is 0 Å². The number of furan rings is 4. The number of rotatable bonds is 6. The molecule has 0 radical (unpaired) electrons. The van der Waals surface area contributed by atoms with E-state index in [1.54, 1.807) is 0 Å². The van der Waals surface area contributed by atoms with Crippen LogP contribution in [0.4, 0.5) is 0 Å². The van der Waals surface area contributed by atoms with E-state index < -0.39 is 0 Å². The van der Waals surface area contributed by atoms with Crippen molar-refractivity contribution >= 4 is 110 Å². The maximum Gasteiger partial charge on any atom is 0.161 e. The molecule has 18 aromatic rings. The van der Waals surface area contributed by atoms with Crippen molar-refractivity contribution in [1.82, 2.24) is 9.13 Å². The van der Waals surface area contributed by atoms with Crippen molar-refractivity contribution in [1.29, 1.82) is 0 Å². The summed E-state index contributed by atoms with van der Waals surface area (Å²) in [5.74, 6) is 0. The molecule has 0 aliphatic rings. The van der Waals surface area contributed by atoms with E-state index in [1.807, 2.05) is 12.1 Å². The van der Waals surface area contributed by atoms with Gasteiger partial charge in [0.15, 0.2) is 11.2 Å². The molecule has 0 atom stereocenters. The Hall–Kier alpha value is -11.1. The minimum atomic E-state index is 0.863. The summed E-state index contributed by atoms with van der Waals surface area (Å²) >= 11 is 0. The third-order valence-corrected chi connectivity index (χ3v) is 16.4. The van der Waals surface area contributed by atoms with E-state index in [2.05, 4.69) is 276 Å². The zero-order chi connectivity index (χ0) is 53.8. The Bertz CT molecular complexity index is 5500. The summed E-state index contributed by atoms with van der Waals surface area (Å²) in [5, 5.41) is 8.84. The summed E-state index contributed by atoms with van der Waals surface area (Å²) in [4.78, 5) is 0. The Morgan fingerprint density at radius 1 is 0.220 bits per heavy atom. The summed E-state index contributed by atoms with van der Waals surface area (Å²) in [5.41, 5.74) is 22.8. The van der Waals surface area contributed by atoms with E-state index in [4.69, 9.17) is 17.7 Å². The van der Waals surface area contributed by atoms with Crippen LogP contribution < -0.4 is 0 Å². The molecule has 12 aromatic carbocycles. The van der Waals surface area contributed by atoms with E-state index in [0.29, 0.717) is 0 Å². The fourth-order valence-corrected chi connectivity index (χ4v) is 12.7. The Morgan fingerprint density at radius 2 is 0.622 bits per heavy atom. The third-order valence-electron chi connectivity index (χ3n) is 16.4. The van der Waals surface area contributed by atoms with Crippen LogP contribution in [0.2, 0.25) is 0 Å². The molecule has 0 saturated heterocycles. The first-order valence-corrected chi connectivity index (χ1v) is 27.7. The average Bonchev–Trinajstić information content (AvgIpc) is 4.58.